The summed E-state index contributed by atoms with van der Waals surface area (Å²) in [6.45, 7) is 2.33. The van der Waals surface area contributed by atoms with E-state index in [0.29, 0.717) is 29.4 Å². The van der Waals surface area contributed by atoms with Gasteiger partial charge in [-0.25, -0.2) is 4.79 Å². The summed E-state index contributed by atoms with van der Waals surface area (Å²) >= 11 is 0. The third kappa shape index (κ3) is 4.63. The first-order valence-corrected chi connectivity index (χ1v) is 10.8. The number of nitro groups is 1. The van der Waals surface area contributed by atoms with Gasteiger partial charge in [-0.15, -0.1) is 0 Å². The van der Waals surface area contributed by atoms with Gasteiger partial charge in [0.25, 0.3) is 5.69 Å². The molecule has 4 rings (SSSR count). The summed E-state index contributed by atoms with van der Waals surface area (Å²) in [4.78, 5) is 22.8. The molecule has 3 aromatic carbocycles. The number of carbonyl (C=O) groups is 1. The highest BCUT2D eigenvalue weighted by Gasteiger charge is 2.32. The van der Waals surface area contributed by atoms with E-state index >= 15 is 0 Å². The van der Waals surface area contributed by atoms with E-state index in [1.54, 1.807) is 24.3 Å². The fourth-order valence-corrected chi connectivity index (χ4v) is 3.87. The number of hydrogen-bond donors (Lipinski definition) is 1. The molecule has 3 aromatic rings. The number of esters is 1. The van der Waals surface area contributed by atoms with E-state index in [1.807, 2.05) is 13.0 Å². The topological polar surface area (TPSA) is 147 Å². The third-order valence-electron chi connectivity index (χ3n) is 5.54. The SMILES string of the molecule is CCOc1ccc(C2C(C#N)=C(N)Oc3cc(OC(=O)c4ccc([N+](=O)[O-])cc4)ccc32)cc1OC. The van der Waals surface area contributed by atoms with E-state index in [-0.39, 0.29) is 28.5 Å². The third-order valence-corrected chi connectivity index (χ3v) is 5.54. The van der Waals surface area contributed by atoms with Crippen molar-refractivity contribution in [2.24, 2.45) is 5.73 Å². The number of nitriles is 1. The number of methoxy groups -OCH3 is 1. The number of hydrogen-bond acceptors (Lipinski definition) is 9. The van der Waals surface area contributed by atoms with Gasteiger partial charge in [-0.2, -0.15) is 5.26 Å². The Hall–Kier alpha value is -5.04. The van der Waals surface area contributed by atoms with Crippen molar-refractivity contribution in [3.8, 4) is 29.1 Å². The molecule has 1 aliphatic heterocycles. The first kappa shape index (κ1) is 24.1. The van der Waals surface area contributed by atoms with Crippen LogP contribution in [0.5, 0.6) is 23.0 Å². The van der Waals surface area contributed by atoms with E-state index in [1.165, 1.54) is 37.4 Å². The maximum Gasteiger partial charge on any atom is 0.343 e. The van der Waals surface area contributed by atoms with Gasteiger partial charge in [-0.3, -0.25) is 10.1 Å². The van der Waals surface area contributed by atoms with Gasteiger partial charge in [0, 0.05) is 23.8 Å². The van der Waals surface area contributed by atoms with Gasteiger partial charge in [-0.1, -0.05) is 12.1 Å². The summed E-state index contributed by atoms with van der Waals surface area (Å²) in [6, 6.07) is 17.3. The van der Waals surface area contributed by atoms with Crippen LogP contribution in [0.3, 0.4) is 0 Å². The summed E-state index contributed by atoms with van der Waals surface area (Å²) in [5.74, 6) is 0.248. The lowest BCUT2D eigenvalue weighted by atomic mass is 9.83. The minimum absolute atomic E-state index is 0.0679. The van der Waals surface area contributed by atoms with Crippen molar-refractivity contribution in [1.82, 2.24) is 0 Å². The van der Waals surface area contributed by atoms with Crippen molar-refractivity contribution in [1.29, 1.82) is 5.26 Å². The molecule has 0 amide bonds. The number of nitrogens with zero attached hydrogens (tertiary/aromatic N) is 2. The minimum atomic E-state index is -0.699. The van der Waals surface area contributed by atoms with Gasteiger partial charge in [0.05, 0.1) is 30.1 Å². The molecule has 0 aromatic heterocycles. The molecule has 1 unspecified atom stereocenters. The largest absolute Gasteiger partial charge is 0.493 e. The van der Waals surface area contributed by atoms with Crippen LogP contribution in [0, 0.1) is 21.4 Å². The predicted molar refractivity (Wildman–Crippen MR) is 128 cm³/mol. The Morgan fingerprint density at radius 3 is 2.53 bits per heavy atom. The van der Waals surface area contributed by atoms with Crippen molar-refractivity contribution in [3.63, 3.8) is 0 Å². The highest BCUT2D eigenvalue weighted by atomic mass is 16.6. The summed E-state index contributed by atoms with van der Waals surface area (Å²) in [5, 5.41) is 20.6. The van der Waals surface area contributed by atoms with Crippen LogP contribution >= 0.6 is 0 Å². The zero-order chi connectivity index (χ0) is 25.8. The molecule has 1 aliphatic rings. The molecular weight excluding hydrogens is 466 g/mol. The van der Waals surface area contributed by atoms with Gasteiger partial charge in [0.2, 0.25) is 5.88 Å². The van der Waals surface area contributed by atoms with Crippen LogP contribution in [0.4, 0.5) is 5.69 Å². The summed E-state index contributed by atoms with van der Waals surface area (Å²) in [7, 11) is 1.53. The zero-order valence-electron chi connectivity index (χ0n) is 19.4. The normalized spacial score (nSPS) is 14.2. The molecule has 0 bridgehead atoms. The molecule has 0 fully saturated rings. The first-order valence-electron chi connectivity index (χ1n) is 10.8. The number of non-ortho nitro benzene ring substituents is 1. The molecule has 182 valence electrons. The van der Waals surface area contributed by atoms with Crippen LogP contribution in [-0.4, -0.2) is 24.6 Å². The second-order valence-corrected chi connectivity index (χ2v) is 7.66. The number of carbonyl (C=O) groups excluding carboxylic acids is 1. The fourth-order valence-electron chi connectivity index (χ4n) is 3.87. The Bertz CT molecular complexity index is 1410. The lowest BCUT2D eigenvalue weighted by Gasteiger charge is -2.27. The molecule has 0 spiro atoms. The van der Waals surface area contributed by atoms with Gasteiger partial charge in [-0.05, 0) is 42.8 Å². The smallest absolute Gasteiger partial charge is 0.343 e. The lowest BCUT2D eigenvalue weighted by molar-refractivity contribution is -0.384. The Morgan fingerprint density at radius 1 is 1.14 bits per heavy atom. The Kier molecular flexibility index (Phi) is 6.74. The van der Waals surface area contributed by atoms with Crippen molar-refractivity contribution in [2.45, 2.75) is 12.8 Å². The van der Waals surface area contributed by atoms with Gasteiger partial charge < -0.3 is 24.7 Å². The standard InChI is InChI=1S/C26H21N3O7/c1-3-34-21-11-6-16(12-23(21)33-2)24-19-10-9-18(13-22(19)36-25(28)20(24)14-27)35-26(30)15-4-7-17(8-5-15)29(31)32/h4-13,24H,3,28H2,1-2H3. The zero-order valence-corrected chi connectivity index (χ0v) is 19.4. The predicted octanol–water partition coefficient (Wildman–Crippen LogP) is 4.44. The van der Waals surface area contributed by atoms with E-state index < -0.39 is 16.8 Å². The Balaban J connectivity index is 1.66. The van der Waals surface area contributed by atoms with E-state index in [2.05, 4.69) is 6.07 Å². The molecule has 0 saturated heterocycles. The van der Waals surface area contributed by atoms with Crippen molar-refractivity contribution < 1.29 is 28.7 Å². The highest BCUT2D eigenvalue weighted by Crippen LogP contribution is 2.45. The molecule has 10 heteroatoms. The summed E-state index contributed by atoms with van der Waals surface area (Å²) in [6.07, 6.45) is 0. The maximum absolute atomic E-state index is 12.5. The molecule has 0 aliphatic carbocycles. The van der Waals surface area contributed by atoms with Gasteiger partial charge in [0.15, 0.2) is 11.5 Å². The quantitative estimate of drug-likeness (QED) is 0.221. The Labute approximate surface area is 206 Å². The second kappa shape index (κ2) is 10.1. The van der Waals surface area contributed by atoms with E-state index in [0.717, 1.165) is 5.56 Å². The number of benzene rings is 3. The number of nitro benzene ring substituents is 1. The first-order chi connectivity index (χ1) is 17.4. The number of allylic oxidation sites excluding steroid dienone is 1. The molecule has 0 radical (unpaired) electrons. The van der Waals surface area contributed by atoms with Crippen molar-refractivity contribution in [2.75, 3.05) is 13.7 Å². The monoisotopic (exact) mass is 487 g/mol. The highest BCUT2D eigenvalue weighted by molar-refractivity contribution is 5.91. The van der Waals surface area contributed by atoms with Crippen molar-refractivity contribution in [3.05, 3.63) is 98.9 Å². The van der Waals surface area contributed by atoms with E-state index in [4.69, 9.17) is 24.7 Å². The second-order valence-electron chi connectivity index (χ2n) is 7.66. The number of ether oxygens (including phenoxy) is 4. The van der Waals surface area contributed by atoms with E-state index in [9.17, 15) is 20.2 Å². The average molecular weight is 487 g/mol. The average Bonchev–Trinajstić information content (AvgIpc) is 2.88. The lowest BCUT2D eigenvalue weighted by Crippen LogP contribution is -2.21. The molecule has 2 N–H and O–H groups in total. The summed E-state index contributed by atoms with van der Waals surface area (Å²) < 4.78 is 22.2. The molecule has 0 saturated carbocycles. The molecule has 10 nitrogen and oxygen atoms in total. The van der Waals surface area contributed by atoms with Crippen LogP contribution in [-0.2, 0) is 0 Å². The fraction of sp³-hybridized carbons (Fsp3) is 0.154. The van der Waals surface area contributed by atoms with Crippen LogP contribution in [0.2, 0.25) is 0 Å². The van der Waals surface area contributed by atoms with Gasteiger partial charge in [0.1, 0.15) is 23.1 Å². The molecule has 1 atom stereocenters. The van der Waals surface area contributed by atoms with Crippen LogP contribution in [0.25, 0.3) is 0 Å². The van der Waals surface area contributed by atoms with Gasteiger partial charge >= 0.3 is 5.97 Å². The molecule has 36 heavy (non-hydrogen) atoms. The minimum Gasteiger partial charge on any atom is -0.493 e. The number of fused-ring (bicyclic) bond motifs is 1. The molecule has 1 heterocycles. The Morgan fingerprint density at radius 2 is 1.89 bits per heavy atom. The number of nitrogens with two attached hydrogens (primary N) is 1. The van der Waals surface area contributed by atoms with Crippen LogP contribution in [0.1, 0.15) is 34.3 Å². The molecular formula is C26H21N3O7. The number of rotatable bonds is 7. The van der Waals surface area contributed by atoms with Crippen molar-refractivity contribution >= 4 is 11.7 Å². The van der Waals surface area contributed by atoms with Crippen LogP contribution < -0.4 is 24.7 Å². The summed E-state index contributed by atoms with van der Waals surface area (Å²) in [5.41, 5.74) is 7.68. The maximum atomic E-state index is 12.5. The van der Waals surface area contributed by atoms with Crippen LogP contribution in [0.15, 0.2) is 72.1 Å².